The van der Waals surface area contributed by atoms with E-state index in [2.05, 4.69) is 11.1 Å². The Labute approximate surface area is 93.1 Å². The zero-order valence-corrected chi connectivity index (χ0v) is 8.72. The van der Waals surface area contributed by atoms with Gasteiger partial charge in [0.1, 0.15) is 5.76 Å². The zero-order chi connectivity index (χ0) is 11.0. The van der Waals surface area contributed by atoms with Gasteiger partial charge < -0.3 is 4.42 Å². The molecular formula is C13H11NO2. The molecule has 2 aromatic rings. The fraction of sp³-hybridized carbons (Fsp3) is 0.231. The van der Waals surface area contributed by atoms with Gasteiger partial charge in [0.15, 0.2) is 12.0 Å². The van der Waals surface area contributed by atoms with Crippen LogP contribution in [0.4, 0.5) is 0 Å². The highest BCUT2D eigenvalue weighted by Gasteiger charge is 2.27. The first kappa shape index (κ1) is 9.33. The SMILES string of the molecule is O=Cc1ccc(C2CCc3cccnc32)o1. The van der Waals surface area contributed by atoms with E-state index < -0.39 is 0 Å². The summed E-state index contributed by atoms with van der Waals surface area (Å²) in [5, 5.41) is 0. The highest BCUT2D eigenvalue weighted by Crippen LogP contribution is 2.36. The molecule has 1 aliphatic carbocycles. The van der Waals surface area contributed by atoms with Crippen LogP contribution in [-0.2, 0) is 6.42 Å². The molecule has 3 nitrogen and oxygen atoms in total. The summed E-state index contributed by atoms with van der Waals surface area (Å²) in [6.45, 7) is 0. The summed E-state index contributed by atoms with van der Waals surface area (Å²) < 4.78 is 5.47. The quantitative estimate of drug-likeness (QED) is 0.720. The molecule has 0 amide bonds. The molecule has 3 rings (SSSR count). The fourth-order valence-corrected chi connectivity index (χ4v) is 2.31. The standard InChI is InChI=1S/C13H11NO2/c15-8-10-4-6-12(16-10)11-5-3-9-2-1-7-14-13(9)11/h1-2,4,6-8,11H,3,5H2. The fourth-order valence-electron chi connectivity index (χ4n) is 2.31. The average Bonchev–Trinajstić information content (AvgIpc) is 2.94. The second-order valence-electron chi connectivity index (χ2n) is 4.00. The van der Waals surface area contributed by atoms with Gasteiger partial charge in [-0.3, -0.25) is 9.78 Å². The summed E-state index contributed by atoms with van der Waals surface area (Å²) >= 11 is 0. The van der Waals surface area contributed by atoms with Gasteiger partial charge >= 0.3 is 0 Å². The Hall–Kier alpha value is -1.90. The summed E-state index contributed by atoms with van der Waals surface area (Å²) in [7, 11) is 0. The number of hydrogen-bond acceptors (Lipinski definition) is 3. The summed E-state index contributed by atoms with van der Waals surface area (Å²) in [5.41, 5.74) is 2.38. The minimum Gasteiger partial charge on any atom is -0.458 e. The number of carbonyl (C=O) groups is 1. The molecule has 0 spiro atoms. The van der Waals surface area contributed by atoms with Crippen LogP contribution in [0.5, 0.6) is 0 Å². The molecule has 1 aliphatic rings. The molecule has 80 valence electrons. The van der Waals surface area contributed by atoms with Crippen LogP contribution in [0.15, 0.2) is 34.9 Å². The maximum absolute atomic E-state index is 10.6. The van der Waals surface area contributed by atoms with Crippen molar-refractivity contribution < 1.29 is 9.21 Å². The Morgan fingerprint density at radius 3 is 3.12 bits per heavy atom. The lowest BCUT2D eigenvalue weighted by molar-refractivity contribution is 0.109. The highest BCUT2D eigenvalue weighted by molar-refractivity contribution is 5.70. The number of rotatable bonds is 2. The van der Waals surface area contributed by atoms with Gasteiger partial charge in [0.2, 0.25) is 0 Å². The minimum absolute atomic E-state index is 0.213. The van der Waals surface area contributed by atoms with Crippen molar-refractivity contribution in [3.63, 3.8) is 0 Å². The van der Waals surface area contributed by atoms with Gasteiger partial charge in [-0.2, -0.15) is 0 Å². The third-order valence-corrected chi connectivity index (χ3v) is 3.07. The van der Waals surface area contributed by atoms with Gasteiger partial charge in [-0.25, -0.2) is 0 Å². The van der Waals surface area contributed by atoms with E-state index in [0.717, 1.165) is 30.6 Å². The molecule has 0 fully saturated rings. The molecule has 0 N–H and O–H groups in total. The lowest BCUT2D eigenvalue weighted by Crippen LogP contribution is -1.96. The van der Waals surface area contributed by atoms with Crippen LogP contribution in [0.25, 0.3) is 0 Å². The van der Waals surface area contributed by atoms with E-state index in [0.29, 0.717) is 5.76 Å². The first-order valence-corrected chi connectivity index (χ1v) is 5.37. The van der Waals surface area contributed by atoms with Crippen LogP contribution < -0.4 is 0 Å². The van der Waals surface area contributed by atoms with Crippen molar-refractivity contribution in [1.82, 2.24) is 4.98 Å². The predicted octanol–water partition coefficient (Wildman–Crippen LogP) is 2.57. The number of aromatic nitrogens is 1. The van der Waals surface area contributed by atoms with Gasteiger partial charge in [-0.15, -0.1) is 0 Å². The largest absolute Gasteiger partial charge is 0.458 e. The summed E-state index contributed by atoms with van der Waals surface area (Å²) in [4.78, 5) is 15.0. The molecule has 0 radical (unpaired) electrons. The highest BCUT2D eigenvalue weighted by atomic mass is 16.3. The van der Waals surface area contributed by atoms with E-state index in [1.54, 1.807) is 12.3 Å². The number of aryl methyl sites for hydroxylation is 1. The number of carbonyl (C=O) groups excluding carboxylic acids is 1. The monoisotopic (exact) mass is 213 g/mol. The van der Waals surface area contributed by atoms with Crippen LogP contribution in [-0.4, -0.2) is 11.3 Å². The van der Waals surface area contributed by atoms with E-state index in [1.807, 2.05) is 12.1 Å². The van der Waals surface area contributed by atoms with Gasteiger partial charge in [-0.1, -0.05) is 6.07 Å². The van der Waals surface area contributed by atoms with E-state index in [9.17, 15) is 4.79 Å². The topological polar surface area (TPSA) is 43.1 Å². The summed E-state index contributed by atoms with van der Waals surface area (Å²) in [6.07, 6.45) is 4.58. The Kier molecular flexibility index (Phi) is 2.10. The predicted molar refractivity (Wildman–Crippen MR) is 58.5 cm³/mol. The Morgan fingerprint density at radius 2 is 2.31 bits per heavy atom. The van der Waals surface area contributed by atoms with Crippen LogP contribution in [0.2, 0.25) is 0 Å². The van der Waals surface area contributed by atoms with E-state index >= 15 is 0 Å². The van der Waals surface area contributed by atoms with E-state index in [1.165, 1.54) is 5.56 Å². The van der Waals surface area contributed by atoms with Gasteiger partial charge in [0.05, 0.1) is 11.6 Å². The molecule has 1 unspecified atom stereocenters. The number of furan rings is 1. The molecular weight excluding hydrogens is 202 g/mol. The average molecular weight is 213 g/mol. The maximum Gasteiger partial charge on any atom is 0.185 e. The second kappa shape index (κ2) is 3.59. The summed E-state index contributed by atoms with van der Waals surface area (Å²) in [5.74, 6) is 1.45. The normalized spacial score (nSPS) is 18.4. The van der Waals surface area contributed by atoms with Crippen LogP contribution in [0, 0.1) is 0 Å². The molecule has 0 aromatic carbocycles. The number of aldehydes is 1. The van der Waals surface area contributed by atoms with Gasteiger partial charge in [0, 0.05) is 6.20 Å². The molecule has 0 bridgehead atoms. The van der Waals surface area contributed by atoms with Crippen LogP contribution in [0.3, 0.4) is 0 Å². The van der Waals surface area contributed by atoms with Crippen LogP contribution in [0.1, 0.15) is 39.9 Å². The van der Waals surface area contributed by atoms with Crippen molar-refractivity contribution in [3.8, 4) is 0 Å². The smallest absolute Gasteiger partial charge is 0.185 e. The minimum atomic E-state index is 0.213. The number of hydrogen-bond donors (Lipinski definition) is 0. The molecule has 0 aliphatic heterocycles. The van der Waals surface area contributed by atoms with Gasteiger partial charge in [0.25, 0.3) is 0 Å². The van der Waals surface area contributed by atoms with Crippen molar-refractivity contribution in [3.05, 3.63) is 53.2 Å². The second-order valence-corrected chi connectivity index (χ2v) is 4.00. The van der Waals surface area contributed by atoms with Crippen molar-refractivity contribution in [2.75, 3.05) is 0 Å². The lowest BCUT2D eigenvalue weighted by atomic mass is 10.0. The molecule has 0 saturated carbocycles. The molecule has 2 aromatic heterocycles. The Balaban J connectivity index is 2.01. The molecule has 3 heteroatoms. The molecule has 16 heavy (non-hydrogen) atoms. The third kappa shape index (κ3) is 1.36. The summed E-state index contributed by atoms with van der Waals surface area (Å²) in [6, 6.07) is 7.65. The lowest BCUT2D eigenvalue weighted by Gasteiger charge is -2.06. The molecule has 2 heterocycles. The Bertz CT molecular complexity index is 530. The first-order valence-electron chi connectivity index (χ1n) is 5.37. The van der Waals surface area contributed by atoms with Crippen LogP contribution >= 0.6 is 0 Å². The number of fused-ring (bicyclic) bond motifs is 1. The van der Waals surface area contributed by atoms with Crippen molar-refractivity contribution in [2.45, 2.75) is 18.8 Å². The molecule has 1 atom stereocenters. The zero-order valence-electron chi connectivity index (χ0n) is 8.72. The number of nitrogens with zero attached hydrogens (tertiary/aromatic N) is 1. The Morgan fingerprint density at radius 1 is 1.38 bits per heavy atom. The first-order chi connectivity index (χ1) is 7.88. The van der Waals surface area contributed by atoms with Crippen molar-refractivity contribution in [2.24, 2.45) is 0 Å². The van der Waals surface area contributed by atoms with E-state index in [-0.39, 0.29) is 5.92 Å². The van der Waals surface area contributed by atoms with Gasteiger partial charge in [-0.05, 0) is 36.6 Å². The van der Waals surface area contributed by atoms with Crippen molar-refractivity contribution in [1.29, 1.82) is 0 Å². The molecule has 0 saturated heterocycles. The maximum atomic E-state index is 10.6. The number of pyridine rings is 1. The third-order valence-electron chi connectivity index (χ3n) is 3.07. The van der Waals surface area contributed by atoms with E-state index in [4.69, 9.17) is 4.42 Å². The van der Waals surface area contributed by atoms with Crippen molar-refractivity contribution >= 4 is 6.29 Å².